The number of hydrogen-bond donors (Lipinski definition) is 1. The molecule has 0 spiro atoms. The molecule has 18 heavy (non-hydrogen) atoms. The molecule has 1 aliphatic heterocycles. The number of rotatable bonds is 5. The standard InChI is InChI=1S/C14H19BrClNO/c1-3-14(2,9-16)17-8-11-7-12(15)6-10-4-5-18-13(10)11/h6-7,17H,3-5,8-9H2,1-2H3. The Labute approximate surface area is 122 Å². The average Bonchev–Trinajstić information content (AvgIpc) is 2.83. The van der Waals surface area contributed by atoms with E-state index in [1.54, 1.807) is 0 Å². The van der Waals surface area contributed by atoms with Crippen molar-refractivity contribution in [1.82, 2.24) is 5.32 Å². The van der Waals surface area contributed by atoms with E-state index in [1.165, 1.54) is 11.1 Å². The van der Waals surface area contributed by atoms with Gasteiger partial charge in [-0.1, -0.05) is 22.9 Å². The van der Waals surface area contributed by atoms with E-state index in [1.807, 2.05) is 0 Å². The first-order valence-corrected chi connectivity index (χ1v) is 7.66. The number of fused-ring (bicyclic) bond motifs is 1. The summed E-state index contributed by atoms with van der Waals surface area (Å²) in [5.41, 5.74) is 2.49. The van der Waals surface area contributed by atoms with Crippen LogP contribution in [0.5, 0.6) is 5.75 Å². The minimum absolute atomic E-state index is 0.0185. The number of nitrogens with one attached hydrogen (secondary N) is 1. The molecule has 1 aromatic rings. The van der Waals surface area contributed by atoms with E-state index < -0.39 is 0 Å². The zero-order valence-corrected chi connectivity index (χ0v) is 13.2. The lowest BCUT2D eigenvalue weighted by Gasteiger charge is -2.27. The van der Waals surface area contributed by atoms with Crippen molar-refractivity contribution in [2.45, 2.75) is 38.8 Å². The Balaban J connectivity index is 2.15. The van der Waals surface area contributed by atoms with Gasteiger partial charge < -0.3 is 10.1 Å². The molecule has 4 heteroatoms. The fourth-order valence-electron chi connectivity index (χ4n) is 2.05. The molecule has 1 N–H and O–H groups in total. The van der Waals surface area contributed by atoms with Crippen LogP contribution in [0.3, 0.4) is 0 Å². The molecule has 0 fully saturated rings. The summed E-state index contributed by atoms with van der Waals surface area (Å²) < 4.78 is 6.84. The lowest BCUT2D eigenvalue weighted by molar-refractivity contribution is 0.343. The van der Waals surface area contributed by atoms with Gasteiger partial charge in [0.1, 0.15) is 5.75 Å². The van der Waals surface area contributed by atoms with Gasteiger partial charge >= 0.3 is 0 Å². The molecule has 0 amide bonds. The Morgan fingerprint density at radius 1 is 1.50 bits per heavy atom. The largest absolute Gasteiger partial charge is 0.493 e. The molecule has 1 unspecified atom stereocenters. The summed E-state index contributed by atoms with van der Waals surface area (Å²) >= 11 is 9.58. The highest BCUT2D eigenvalue weighted by Gasteiger charge is 2.22. The maximum atomic E-state index is 6.02. The maximum absolute atomic E-state index is 6.02. The molecule has 0 saturated heterocycles. The van der Waals surface area contributed by atoms with E-state index in [-0.39, 0.29) is 5.54 Å². The van der Waals surface area contributed by atoms with Crippen molar-refractivity contribution in [2.24, 2.45) is 0 Å². The molecule has 0 bridgehead atoms. The number of alkyl halides is 1. The minimum atomic E-state index is -0.0185. The number of benzene rings is 1. The Bertz CT molecular complexity index is 432. The van der Waals surface area contributed by atoms with Crippen molar-refractivity contribution in [3.05, 3.63) is 27.7 Å². The van der Waals surface area contributed by atoms with Crippen LogP contribution >= 0.6 is 27.5 Å². The monoisotopic (exact) mass is 331 g/mol. The summed E-state index contributed by atoms with van der Waals surface area (Å²) in [5, 5.41) is 3.54. The molecule has 0 aliphatic carbocycles. The molecule has 0 saturated carbocycles. The number of halogens is 2. The quantitative estimate of drug-likeness (QED) is 0.826. The number of hydrogen-bond acceptors (Lipinski definition) is 2. The molecule has 2 nitrogen and oxygen atoms in total. The first kappa shape index (κ1) is 14.2. The molecular weight excluding hydrogens is 314 g/mol. The lowest BCUT2D eigenvalue weighted by atomic mass is 10.0. The summed E-state index contributed by atoms with van der Waals surface area (Å²) in [6.45, 7) is 5.88. The van der Waals surface area contributed by atoms with Crippen LogP contribution in [0.25, 0.3) is 0 Å². The Morgan fingerprint density at radius 3 is 2.94 bits per heavy atom. The summed E-state index contributed by atoms with van der Waals surface area (Å²) in [6, 6.07) is 4.27. The van der Waals surface area contributed by atoms with Crippen molar-refractivity contribution < 1.29 is 4.74 Å². The van der Waals surface area contributed by atoms with Gasteiger partial charge in [0.2, 0.25) is 0 Å². The van der Waals surface area contributed by atoms with Gasteiger partial charge in [-0.2, -0.15) is 0 Å². The highest BCUT2D eigenvalue weighted by Crippen LogP contribution is 2.33. The van der Waals surface area contributed by atoms with Crippen molar-refractivity contribution in [3.63, 3.8) is 0 Å². The first-order valence-electron chi connectivity index (χ1n) is 6.33. The second kappa shape index (κ2) is 5.81. The van der Waals surface area contributed by atoms with Crippen molar-refractivity contribution in [2.75, 3.05) is 12.5 Å². The van der Waals surface area contributed by atoms with Crippen LogP contribution in [-0.4, -0.2) is 18.0 Å². The first-order chi connectivity index (χ1) is 8.58. The van der Waals surface area contributed by atoms with Gasteiger partial charge in [0.05, 0.1) is 6.61 Å². The summed E-state index contributed by atoms with van der Waals surface area (Å²) in [7, 11) is 0. The predicted molar refractivity (Wildman–Crippen MR) is 79.6 cm³/mol. The maximum Gasteiger partial charge on any atom is 0.127 e. The second-order valence-electron chi connectivity index (χ2n) is 5.05. The van der Waals surface area contributed by atoms with Gasteiger partial charge in [-0.15, -0.1) is 11.6 Å². The van der Waals surface area contributed by atoms with Gasteiger partial charge in [0, 0.05) is 34.4 Å². The molecule has 0 radical (unpaired) electrons. The lowest BCUT2D eigenvalue weighted by Crippen LogP contribution is -2.43. The molecule has 100 valence electrons. The van der Waals surface area contributed by atoms with Crippen molar-refractivity contribution in [1.29, 1.82) is 0 Å². The Hall–Kier alpha value is -0.250. The van der Waals surface area contributed by atoms with E-state index in [0.717, 1.165) is 36.2 Å². The van der Waals surface area contributed by atoms with Crippen molar-refractivity contribution in [3.8, 4) is 5.75 Å². The minimum Gasteiger partial charge on any atom is -0.493 e. The fraction of sp³-hybridized carbons (Fsp3) is 0.571. The summed E-state index contributed by atoms with van der Waals surface area (Å²) in [4.78, 5) is 0. The number of ether oxygens (including phenoxy) is 1. The van der Waals surface area contributed by atoms with Gasteiger partial charge in [-0.25, -0.2) is 0 Å². The molecule has 1 aromatic carbocycles. The summed E-state index contributed by atoms with van der Waals surface area (Å²) in [6.07, 6.45) is 2.01. The molecule has 1 aliphatic rings. The normalized spacial score (nSPS) is 17.1. The van der Waals surface area contributed by atoms with E-state index >= 15 is 0 Å². The zero-order chi connectivity index (χ0) is 13.2. The van der Waals surface area contributed by atoms with Crippen LogP contribution in [0.2, 0.25) is 0 Å². The van der Waals surface area contributed by atoms with E-state index in [2.05, 4.69) is 47.2 Å². The SMILES string of the molecule is CCC(C)(CCl)NCc1cc(Br)cc2c1OCC2. The molecular formula is C14H19BrClNO. The van der Waals surface area contributed by atoms with Gasteiger partial charge in [0.15, 0.2) is 0 Å². The summed E-state index contributed by atoms with van der Waals surface area (Å²) in [5.74, 6) is 1.67. The van der Waals surface area contributed by atoms with Crippen molar-refractivity contribution >= 4 is 27.5 Å². The van der Waals surface area contributed by atoms with Crippen LogP contribution in [0, 0.1) is 0 Å². The van der Waals surface area contributed by atoms with Gasteiger partial charge in [-0.05, 0) is 31.0 Å². The van der Waals surface area contributed by atoms with Crippen LogP contribution in [0.4, 0.5) is 0 Å². The Morgan fingerprint density at radius 2 is 2.28 bits per heavy atom. The van der Waals surface area contributed by atoms with Crippen LogP contribution in [0.1, 0.15) is 31.4 Å². The van der Waals surface area contributed by atoms with Crippen LogP contribution in [-0.2, 0) is 13.0 Å². The Kier molecular flexibility index (Phi) is 4.57. The predicted octanol–water partition coefficient (Wildman–Crippen LogP) is 3.88. The molecule has 0 aromatic heterocycles. The third-order valence-electron chi connectivity index (χ3n) is 3.61. The topological polar surface area (TPSA) is 21.3 Å². The van der Waals surface area contributed by atoms with Crippen LogP contribution in [0.15, 0.2) is 16.6 Å². The van der Waals surface area contributed by atoms with Gasteiger partial charge in [0.25, 0.3) is 0 Å². The zero-order valence-electron chi connectivity index (χ0n) is 10.9. The highest BCUT2D eigenvalue weighted by molar-refractivity contribution is 9.10. The highest BCUT2D eigenvalue weighted by atomic mass is 79.9. The smallest absolute Gasteiger partial charge is 0.127 e. The third-order valence-corrected chi connectivity index (χ3v) is 4.65. The molecule has 1 atom stereocenters. The molecule has 1 heterocycles. The van der Waals surface area contributed by atoms with Crippen LogP contribution < -0.4 is 10.1 Å². The molecule has 2 rings (SSSR count). The van der Waals surface area contributed by atoms with Gasteiger partial charge in [-0.3, -0.25) is 0 Å². The fourth-order valence-corrected chi connectivity index (χ4v) is 2.89. The van der Waals surface area contributed by atoms with E-state index in [4.69, 9.17) is 16.3 Å². The third kappa shape index (κ3) is 3.01. The van der Waals surface area contributed by atoms with E-state index in [9.17, 15) is 0 Å². The average molecular weight is 333 g/mol. The van der Waals surface area contributed by atoms with E-state index in [0.29, 0.717) is 5.88 Å². The second-order valence-corrected chi connectivity index (χ2v) is 6.24.